The Labute approximate surface area is 126 Å². The van der Waals surface area contributed by atoms with Crippen LogP contribution in [0.3, 0.4) is 0 Å². The van der Waals surface area contributed by atoms with Gasteiger partial charge in [-0.3, -0.25) is 0 Å². The van der Waals surface area contributed by atoms with E-state index in [-0.39, 0.29) is 12.2 Å². The average molecular weight is 300 g/mol. The second-order valence-corrected chi connectivity index (χ2v) is 5.56. The molecular weight excluding hydrogens is 284 g/mol. The maximum absolute atomic E-state index is 5.89. The first-order valence-corrected chi connectivity index (χ1v) is 7.17. The number of rotatable bonds is 2. The molecule has 0 spiro atoms. The highest BCUT2D eigenvalue weighted by atomic mass is 16.5. The van der Waals surface area contributed by atoms with Gasteiger partial charge in [-0.05, 0) is 26.1 Å². The molecule has 0 radical (unpaired) electrons. The Morgan fingerprint density at radius 1 is 1.23 bits per heavy atom. The van der Waals surface area contributed by atoms with Gasteiger partial charge in [-0.2, -0.15) is 14.8 Å². The summed E-state index contributed by atoms with van der Waals surface area (Å²) in [5.41, 5.74) is 1.59. The molecular formula is C14H16N6O2. The van der Waals surface area contributed by atoms with Crippen molar-refractivity contribution in [2.45, 2.75) is 19.1 Å². The fourth-order valence-electron chi connectivity index (χ4n) is 2.77. The minimum absolute atomic E-state index is 0.139. The van der Waals surface area contributed by atoms with E-state index in [1.807, 2.05) is 19.1 Å². The van der Waals surface area contributed by atoms with Gasteiger partial charge in [0.25, 0.3) is 5.89 Å². The number of aromatic nitrogens is 5. The average Bonchev–Trinajstić information content (AvgIpc) is 3.12. The Bertz CT molecular complexity index is 787. The van der Waals surface area contributed by atoms with Gasteiger partial charge in [0, 0.05) is 19.3 Å². The van der Waals surface area contributed by atoms with Crippen molar-refractivity contribution in [1.29, 1.82) is 0 Å². The lowest BCUT2D eigenvalue weighted by Crippen LogP contribution is -2.40. The zero-order valence-electron chi connectivity index (χ0n) is 12.4. The minimum Gasteiger partial charge on any atom is -0.418 e. The molecule has 4 heterocycles. The molecule has 0 aromatic carbocycles. The quantitative estimate of drug-likeness (QED) is 0.702. The Morgan fingerprint density at radius 3 is 3.00 bits per heavy atom. The van der Waals surface area contributed by atoms with E-state index in [0.29, 0.717) is 11.8 Å². The van der Waals surface area contributed by atoms with Crippen molar-refractivity contribution in [3.8, 4) is 11.5 Å². The Hall–Kier alpha value is -2.32. The Balaban J connectivity index is 1.66. The highest BCUT2D eigenvalue weighted by Crippen LogP contribution is 2.28. The summed E-state index contributed by atoms with van der Waals surface area (Å²) in [7, 11) is 2.06. The van der Waals surface area contributed by atoms with Gasteiger partial charge >= 0.3 is 0 Å². The van der Waals surface area contributed by atoms with E-state index in [9.17, 15) is 0 Å². The number of ether oxygens (including phenoxy) is 1. The number of likely N-dealkylation sites (N-methyl/N-ethyl adjacent to an activating group) is 1. The van der Waals surface area contributed by atoms with Crippen molar-refractivity contribution in [3.63, 3.8) is 0 Å². The molecule has 0 saturated carbocycles. The molecule has 2 atom stereocenters. The van der Waals surface area contributed by atoms with Gasteiger partial charge in [0.15, 0.2) is 0 Å². The van der Waals surface area contributed by atoms with Crippen molar-refractivity contribution in [2.24, 2.45) is 0 Å². The van der Waals surface area contributed by atoms with Crippen LogP contribution < -0.4 is 0 Å². The summed E-state index contributed by atoms with van der Waals surface area (Å²) in [6.07, 6.45) is 3.29. The van der Waals surface area contributed by atoms with Gasteiger partial charge in [-0.15, -0.1) is 10.2 Å². The van der Waals surface area contributed by atoms with E-state index in [1.54, 1.807) is 12.4 Å². The van der Waals surface area contributed by atoms with Crippen LogP contribution in [0.4, 0.5) is 0 Å². The largest absolute Gasteiger partial charge is 0.418 e. The van der Waals surface area contributed by atoms with Crippen LogP contribution >= 0.6 is 0 Å². The Kier molecular flexibility index (Phi) is 3.12. The molecule has 0 aliphatic carbocycles. The fourth-order valence-corrected chi connectivity index (χ4v) is 2.77. The molecule has 114 valence electrons. The molecule has 3 aromatic heterocycles. The second kappa shape index (κ2) is 5.15. The summed E-state index contributed by atoms with van der Waals surface area (Å²) in [6, 6.07) is 3.75. The van der Waals surface area contributed by atoms with Gasteiger partial charge in [0.1, 0.15) is 11.6 Å². The van der Waals surface area contributed by atoms with Crippen LogP contribution in [0.5, 0.6) is 0 Å². The molecule has 1 saturated heterocycles. The summed E-state index contributed by atoms with van der Waals surface area (Å²) < 4.78 is 13.2. The summed E-state index contributed by atoms with van der Waals surface area (Å²) in [6.45, 7) is 3.68. The van der Waals surface area contributed by atoms with Gasteiger partial charge in [0.2, 0.25) is 5.89 Å². The maximum atomic E-state index is 5.89. The zero-order chi connectivity index (χ0) is 15.1. The van der Waals surface area contributed by atoms with E-state index in [4.69, 9.17) is 9.15 Å². The SMILES string of the molecule is C[C@@H]1CN(C)C[C@H](c2nnc(-c3cnn4ncccc34)o2)O1. The van der Waals surface area contributed by atoms with Crippen LogP contribution in [0.1, 0.15) is 18.9 Å². The van der Waals surface area contributed by atoms with Crippen molar-refractivity contribution in [1.82, 2.24) is 29.9 Å². The standard InChI is InChI=1S/C14H16N6O2/c1-9-7-19(2)8-12(21-9)14-18-17-13(22-14)10-6-16-20-11(10)4-3-5-15-20/h3-6,9,12H,7-8H2,1-2H3/t9-,12-/m1/s1. The molecule has 0 amide bonds. The Morgan fingerprint density at radius 2 is 2.14 bits per heavy atom. The molecule has 3 aromatic rings. The molecule has 1 fully saturated rings. The summed E-state index contributed by atoms with van der Waals surface area (Å²) in [4.78, 5) is 2.20. The number of morpholine rings is 1. The third-order valence-corrected chi connectivity index (χ3v) is 3.69. The molecule has 0 bridgehead atoms. The van der Waals surface area contributed by atoms with E-state index in [1.165, 1.54) is 4.63 Å². The molecule has 4 rings (SSSR count). The second-order valence-electron chi connectivity index (χ2n) is 5.56. The maximum Gasteiger partial charge on any atom is 0.251 e. The predicted octanol–water partition coefficient (Wildman–Crippen LogP) is 1.17. The van der Waals surface area contributed by atoms with Crippen LogP contribution in [0.15, 0.2) is 28.9 Å². The van der Waals surface area contributed by atoms with Gasteiger partial charge in [0.05, 0.1) is 17.9 Å². The van der Waals surface area contributed by atoms with Crippen molar-refractivity contribution < 1.29 is 9.15 Å². The highest BCUT2D eigenvalue weighted by Gasteiger charge is 2.29. The first-order valence-electron chi connectivity index (χ1n) is 7.17. The smallest absolute Gasteiger partial charge is 0.251 e. The molecule has 0 N–H and O–H groups in total. The van der Waals surface area contributed by atoms with Crippen LogP contribution in [0.2, 0.25) is 0 Å². The van der Waals surface area contributed by atoms with Crippen LogP contribution in [0, 0.1) is 0 Å². The number of hydrogen-bond acceptors (Lipinski definition) is 7. The van der Waals surface area contributed by atoms with Crippen molar-refractivity contribution in [2.75, 3.05) is 20.1 Å². The van der Waals surface area contributed by atoms with E-state index >= 15 is 0 Å². The van der Waals surface area contributed by atoms with E-state index in [0.717, 1.165) is 24.2 Å². The van der Waals surface area contributed by atoms with Crippen molar-refractivity contribution in [3.05, 3.63) is 30.4 Å². The fraction of sp³-hybridized carbons (Fsp3) is 0.429. The third kappa shape index (κ3) is 2.26. The molecule has 0 unspecified atom stereocenters. The van der Waals surface area contributed by atoms with Gasteiger partial charge in [-0.25, -0.2) is 0 Å². The summed E-state index contributed by atoms with van der Waals surface area (Å²) in [5, 5.41) is 16.6. The summed E-state index contributed by atoms with van der Waals surface area (Å²) in [5.74, 6) is 0.930. The van der Waals surface area contributed by atoms with Gasteiger partial charge in [-0.1, -0.05) is 0 Å². The first-order chi connectivity index (χ1) is 10.7. The lowest BCUT2D eigenvalue weighted by atomic mass is 10.2. The normalized spacial score (nSPS) is 23.2. The molecule has 1 aliphatic rings. The van der Waals surface area contributed by atoms with Crippen LogP contribution in [0.25, 0.3) is 17.0 Å². The predicted molar refractivity (Wildman–Crippen MR) is 77.1 cm³/mol. The molecule has 22 heavy (non-hydrogen) atoms. The number of hydrogen-bond donors (Lipinski definition) is 0. The molecule has 1 aliphatic heterocycles. The first kappa shape index (κ1) is 13.4. The molecule has 8 heteroatoms. The van der Waals surface area contributed by atoms with Crippen LogP contribution in [-0.4, -0.2) is 56.2 Å². The highest BCUT2D eigenvalue weighted by molar-refractivity contribution is 5.73. The lowest BCUT2D eigenvalue weighted by molar-refractivity contribution is -0.0821. The van der Waals surface area contributed by atoms with Gasteiger partial charge < -0.3 is 14.1 Å². The van der Waals surface area contributed by atoms with E-state index in [2.05, 4.69) is 32.3 Å². The molecule has 8 nitrogen and oxygen atoms in total. The number of fused-ring (bicyclic) bond motifs is 1. The van der Waals surface area contributed by atoms with Crippen LogP contribution in [-0.2, 0) is 4.74 Å². The minimum atomic E-state index is -0.199. The topological polar surface area (TPSA) is 81.6 Å². The third-order valence-electron chi connectivity index (χ3n) is 3.69. The monoisotopic (exact) mass is 300 g/mol. The van der Waals surface area contributed by atoms with Crippen molar-refractivity contribution >= 4 is 5.52 Å². The number of nitrogens with zero attached hydrogens (tertiary/aromatic N) is 6. The lowest BCUT2D eigenvalue weighted by Gasteiger charge is -2.32. The summed E-state index contributed by atoms with van der Waals surface area (Å²) >= 11 is 0. The zero-order valence-corrected chi connectivity index (χ0v) is 12.4. The van der Waals surface area contributed by atoms with E-state index < -0.39 is 0 Å².